The lowest BCUT2D eigenvalue weighted by Gasteiger charge is -2.22. The van der Waals surface area contributed by atoms with Crippen molar-refractivity contribution in [2.24, 2.45) is 0 Å². The van der Waals surface area contributed by atoms with Gasteiger partial charge in [0.1, 0.15) is 12.4 Å². The first-order valence-electron chi connectivity index (χ1n) is 13.0. The molecular weight excluding hydrogens is 464 g/mol. The van der Waals surface area contributed by atoms with E-state index in [0.717, 1.165) is 64.8 Å². The Balaban J connectivity index is 1.17. The molecule has 3 aromatic carbocycles. The molecule has 0 bridgehead atoms. The van der Waals surface area contributed by atoms with Gasteiger partial charge in [0.15, 0.2) is 0 Å². The van der Waals surface area contributed by atoms with Crippen LogP contribution in [-0.4, -0.2) is 39.5 Å². The molecule has 2 aliphatic rings. The molecule has 1 saturated carbocycles. The van der Waals surface area contributed by atoms with E-state index in [1.54, 1.807) is 4.90 Å². The fraction of sp³-hybridized carbons (Fsp3) is 0.300. The maximum atomic E-state index is 12.9. The number of benzene rings is 3. The van der Waals surface area contributed by atoms with Crippen molar-refractivity contribution in [3.8, 4) is 11.1 Å². The van der Waals surface area contributed by atoms with Gasteiger partial charge in [0.05, 0.1) is 23.5 Å². The van der Waals surface area contributed by atoms with E-state index >= 15 is 0 Å². The van der Waals surface area contributed by atoms with E-state index in [2.05, 4.69) is 34.6 Å². The molecule has 1 saturated heterocycles. The van der Waals surface area contributed by atoms with Crippen LogP contribution in [0.2, 0.25) is 0 Å². The number of fused-ring (bicyclic) bond motifs is 1. The molecule has 0 radical (unpaired) electrons. The first-order valence-corrected chi connectivity index (χ1v) is 13.0. The van der Waals surface area contributed by atoms with Gasteiger partial charge in [-0.2, -0.15) is 0 Å². The standard InChI is InChI=1S/C30H30N4O3/c35-28(31-24-12-13-24)17-21-8-4-9-22(16-21)23-11-14-25-26(18-23)33-29(32-25)27-10-5-15-34(27)30(36)37-19-20-6-2-1-3-7-20/h1-4,6-9,11,14,16,18,24,27H,5,10,12-13,15,17,19H2,(H,31,35)(H,32,33)/t27-/m0/s1. The molecule has 2 heterocycles. The maximum Gasteiger partial charge on any atom is 0.410 e. The molecule has 1 aliphatic heterocycles. The van der Waals surface area contributed by atoms with Crippen LogP contribution in [0.5, 0.6) is 0 Å². The lowest BCUT2D eigenvalue weighted by Crippen LogP contribution is -2.31. The van der Waals surface area contributed by atoms with Gasteiger partial charge in [0.25, 0.3) is 0 Å². The number of hydrogen-bond donors (Lipinski definition) is 2. The Morgan fingerprint density at radius 2 is 1.76 bits per heavy atom. The zero-order chi connectivity index (χ0) is 25.2. The molecule has 0 unspecified atom stereocenters. The lowest BCUT2D eigenvalue weighted by atomic mass is 10.0. The second kappa shape index (κ2) is 10.1. The van der Waals surface area contributed by atoms with Gasteiger partial charge >= 0.3 is 6.09 Å². The van der Waals surface area contributed by atoms with E-state index in [9.17, 15) is 9.59 Å². The first-order chi connectivity index (χ1) is 18.1. The number of amides is 2. The Bertz CT molecular complexity index is 1430. The largest absolute Gasteiger partial charge is 0.445 e. The van der Waals surface area contributed by atoms with E-state index < -0.39 is 0 Å². The highest BCUT2D eigenvalue weighted by molar-refractivity contribution is 5.83. The number of nitrogens with zero attached hydrogens (tertiary/aromatic N) is 2. The topological polar surface area (TPSA) is 87.3 Å². The highest BCUT2D eigenvalue weighted by Gasteiger charge is 2.33. The van der Waals surface area contributed by atoms with Crippen molar-refractivity contribution >= 4 is 23.0 Å². The van der Waals surface area contributed by atoms with Crippen molar-refractivity contribution < 1.29 is 14.3 Å². The molecule has 1 aromatic heterocycles. The molecule has 7 nitrogen and oxygen atoms in total. The van der Waals surface area contributed by atoms with Gasteiger partial charge < -0.3 is 15.0 Å². The molecule has 1 aliphatic carbocycles. The fourth-order valence-electron chi connectivity index (χ4n) is 4.99. The number of carbonyl (C=O) groups excluding carboxylic acids is 2. The predicted molar refractivity (Wildman–Crippen MR) is 142 cm³/mol. The average Bonchev–Trinajstić information content (AvgIpc) is 3.41. The van der Waals surface area contributed by atoms with Crippen molar-refractivity contribution in [3.63, 3.8) is 0 Å². The predicted octanol–water partition coefficient (Wildman–Crippen LogP) is 5.52. The van der Waals surface area contributed by atoms with Crippen molar-refractivity contribution in [2.75, 3.05) is 6.54 Å². The van der Waals surface area contributed by atoms with Crippen LogP contribution in [0.1, 0.15) is 48.7 Å². The van der Waals surface area contributed by atoms with E-state index in [-0.39, 0.29) is 24.6 Å². The van der Waals surface area contributed by atoms with Crippen LogP contribution < -0.4 is 5.32 Å². The second-order valence-corrected chi connectivity index (χ2v) is 9.96. The van der Waals surface area contributed by atoms with Crippen LogP contribution >= 0.6 is 0 Å². The minimum absolute atomic E-state index is 0.0803. The molecule has 2 N–H and O–H groups in total. The molecule has 0 spiro atoms. The summed E-state index contributed by atoms with van der Waals surface area (Å²) in [5.41, 5.74) is 5.86. The Kier molecular flexibility index (Phi) is 6.35. The normalized spacial score (nSPS) is 17.2. The summed E-state index contributed by atoms with van der Waals surface area (Å²) < 4.78 is 5.59. The molecule has 37 heavy (non-hydrogen) atoms. The zero-order valence-electron chi connectivity index (χ0n) is 20.7. The average molecular weight is 495 g/mol. The van der Waals surface area contributed by atoms with Gasteiger partial charge in [-0.05, 0) is 60.1 Å². The molecule has 188 valence electrons. The van der Waals surface area contributed by atoms with E-state index in [1.165, 1.54) is 0 Å². The third kappa shape index (κ3) is 5.35. The Labute approximate surface area is 215 Å². The molecule has 6 rings (SSSR count). The molecule has 4 aromatic rings. The van der Waals surface area contributed by atoms with Crippen LogP contribution in [0.4, 0.5) is 4.79 Å². The third-order valence-electron chi connectivity index (χ3n) is 7.08. The SMILES string of the molecule is O=C(Cc1cccc(-c2ccc3nc([C@@H]4CCCN4C(=O)OCc4ccccc4)[nH]c3c2)c1)NC1CC1. The number of rotatable bonds is 7. The highest BCUT2D eigenvalue weighted by Crippen LogP contribution is 2.33. The highest BCUT2D eigenvalue weighted by atomic mass is 16.6. The summed E-state index contributed by atoms with van der Waals surface area (Å²) in [5.74, 6) is 0.864. The monoisotopic (exact) mass is 494 g/mol. The van der Waals surface area contributed by atoms with E-state index in [1.807, 2.05) is 48.5 Å². The summed E-state index contributed by atoms with van der Waals surface area (Å²) in [6.07, 6.45) is 4.01. The van der Waals surface area contributed by atoms with Gasteiger partial charge in [0, 0.05) is 12.6 Å². The molecule has 2 fully saturated rings. The number of aromatic nitrogens is 2. The number of carbonyl (C=O) groups is 2. The van der Waals surface area contributed by atoms with E-state index in [0.29, 0.717) is 19.0 Å². The number of nitrogens with one attached hydrogen (secondary N) is 2. The Morgan fingerprint density at radius 1 is 0.946 bits per heavy atom. The summed E-state index contributed by atoms with van der Waals surface area (Å²) in [4.78, 5) is 35.1. The number of ether oxygens (including phenoxy) is 1. The number of H-pyrrole nitrogens is 1. The van der Waals surface area contributed by atoms with Gasteiger partial charge in [-0.25, -0.2) is 9.78 Å². The molecule has 1 atom stereocenters. The van der Waals surface area contributed by atoms with Gasteiger partial charge in [-0.15, -0.1) is 0 Å². The summed E-state index contributed by atoms with van der Waals surface area (Å²) in [6, 6.07) is 24.2. The minimum Gasteiger partial charge on any atom is -0.445 e. The quantitative estimate of drug-likeness (QED) is 0.354. The van der Waals surface area contributed by atoms with Crippen molar-refractivity contribution in [1.82, 2.24) is 20.2 Å². The second-order valence-electron chi connectivity index (χ2n) is 9.96. The lowest BCUT2D eigenvalue weighted by molar-refractivity contribution is -0.120. The number of likely N-dealkylation sites (tertiary alicyclic amines) is 1. The fourth-order valence-corrected chi connectivity index (χ4v) is 4.99. The van der Waals surface area contributed by atoms with Gasteiger partial charge in [0.2, 0.25) is 5.91 Å². The summed E-state index contributed by atoms with van der Waals surface area (Å²) >= 11 is 0. The summed E-state index contributed by atoms with van der Waals surface area (Å²) in [5, 5.41) is 3.05. The Morgan fingerprint density at radius 3 is 2.59 bits per heavy atom. The van der Waals surface area contributed by atoms with Crippen LogP contribution in [0.3, 0.4) is 0 Å². The van der Waals surface area contributed by atoms with Crippen molar-refractivity contribution in [3.05, 3.63) is 89.7 Å². The third-order valence-corrected chi connectivity index (χ3v) is 7.08. The molecule has 7 heteroatoms. The molecular formula is C30H30N4O3. The van der Waals surface area contributed by atoms with Crippen LogP contribution in [0.25, 0.3) is 22.2 Å². The summed E-state index contributed by atoms with van der Waals surface area (Å²) in [6.45, 7) is 0.912. The van der Waals surface area contributed by atoms with Gasteiger partial charge in [-0.3, -0.25) is 9.69 Å². The first kappa shape index (κ1) is 23.3. The smallest absolute Gasteiger partial charge is 0.410 e. The van der Waals surface area contributed by atoms with Crippen LogP contribution in [-0.2, 0) is 22.6 Å². The van der Waals surface area contributed by atoms with Crippen LogP contribution in [0.15, 0.2) is 72.8 Å². The summed E-state index contributed by atoms with van der Waals surface area (Å²) in [7, 11) is 0. The number of hydrogen-bond acceptors (Lipinski definition) is 4. The van der Waals surface area contributed by atoms with Crippen molar-refractivity contribution in [2.45, 2.75) is 50.8 Å². The van der Waals surface area contributed by atoms with Crippen molar-refractivity contribution in [1.29, 1.82) is 0 Å². The van der Waals surface area contributed by atoms with E-state index in [4.69, 9.17) is 9.72 Å². The number of imidazole rings is 1. The molecule has 2 amide bonds. The zero-order valence-corrected chi connectivity index (χ0v) is 20.7. The minimum atomic E-state index is -0.310. The maximum absolute atomic E-state index is 12.9. The van der Waals surface area contributed by atoms with Crippen LogP contribution in [0, 0.1) is 0 Å². The van der Waals surface area contributed by atoms with Gasteiger partial charge in [-0.1, -0.05) is 60.7 Å². The Hall–Kier alpha value is -4.13. The number of aromatic amines is 1.